The van der Waals surface area contributed by atoms with Gasteiger partial charge in [0.1, 0.15) is 6.54 Å². The Kier molecular flexibility index (Phi) is 5.91. The molecule has 5 aromatic rings. The zero-order valence-electron chi connectivity index (χ0n) is 20.4. The summed E-state index contributed by atoms with van der Waals surface area (Å²) in [6.45, 7) is 8.64. The van der Waals surface area contributed by atoms with Gasteiger partial charge in [0.25, 0.3) is 0 Å². The zero-order valence-corrected chi connectivity index (χ0v) is 20.4. The first-order valence-corrected chi connectivity index (χ1v) is 11.7. The molecular formula is C28H28N6O. The number of aryl methyl sites for hydroxylation is 3. The largest absolute Gasteiger partial charge is 0.321 e. The van der Waals surface area contributed by atoms with Gasteiger partial charge >= 0.3 is 0 Å². The lowest BCUT2D eigenvalue weighted by molar-refractivity contribution is -0.116. The second-order valence-electron chi connectivity index (χ2n) is 8.91. The summed E-state index contributed by atoms with van der Waals surface area (Å²) in [6, 6.07) is 20.5. The molecule has 0 spiro atoms. The van der Waals surface area contributed by atoms with Crippen LogP contribution in [-0.2, 0) is 17.9 Å². The molecule has 2 aromatic carbocycles. The van der Waals surface area contributed by atoms with Crippen LogP contribution < -0.4 is 5.32 Å². The normalized spacial score (nSPS) is 11.2. The predicted octanol–water partition coefficient (Wildman–Crippen LogP) is 5.22. The van der Waals surface area contributed by atoms with Crippen LogP contribution in [0.3, 0.4) is 0 Å². The highest BCUT2D eigenvalue weighted by Gasteiger charge is 2.18. The maximum Gasteiger partial charge on any atom is 0.246 e. The van der Waals surface area contributed by atoms with Gasteiger partial charge in [-0.1, -0.05) is 60.2 Å². The minimum atomic E-state index is -0.164. The Morgan fingerprint density at radius 3 is 2.43 bits per heavy atom. The lowest BCUT2D eigenvalue weighted by Crippen LogP contribution is -2.20. The van der Waals surface area contributed by atoms with Crippen LogP contribution in [0.15, 0.2) is 66.9 Å². The quantitative estimate of drug-likeness (QED) is 0.374. The third kappa shape index (κ3) is 4.45. The van der Waals surface area contributed by atoms with Gasteiger partial charge in [0, 0.05) is 11.6 Å². The van der Waals surface area contributed by atoms with Gasteiger partial charge in [-0.25, -0.2) is 9.67 Å². The van der Waals surface area contributed by atoms with Crippen molar-refractivity contribution in [3.63, 3.8) is 0 Å². The molecule has 0 radical (unpaired) electrons. The second-order valence-corrected chi connectivity index (χ2v) is 8.91. The molecule has 0 bridgehead atoms. The van der Waals surface area contributed by atoms with Gasteiger partial charge in [-0.15, -0.1) is 0 Å². The number of carbonyl (C=O) groups excluding carboxylic acids is 1. The molecular weight excluding hydrogens is 436 g/mol. The van der Waals surface area contributed by atoms with Gasteiger partial charge in [-0.3, -0.25) is 9.48 Å². The van der Waals surface area contributed by atoms with E-state index in [1.54, 1.807) is 10.9 Å². The van der Waals surface area contributed by atoms with Crippen LogP contribution in [0, 0.1) is 27.7 Å². The number of hydrogen-bond donors (Lipinski definition) is 1. The standard InChI is InChI=1S/C28H28N6O/c1-18-9-8-12-23(15-18)24-13-14-29-28-26(24)19(2)31-34(28)17-25(35)30-27-20(3)32-33(21(27)4)16-22-10-6-5-7-11-22/h5-15H,16-17H2,1-4H3,(H,30,35). The van der Waals surface area contributed by atoms with E-state index in [9.17, 15) is 4.79 Å². The predicted molar refractivity (Wildman–Crippen MR) is 138 cm³/mol. The summed E-state index contributed by atoms with van der Waals surface area (Å²) >= 11 is 0. The Hall–Kier alpha value is -4.26. The number of aromatic nitrogens is 5. The number of benzene rings is 2. The zero-order chi connectivity index (χ0) is 24.5. The Morgan fingerprint density at radius 2 is 1.66 bits per heavy atom. The third-order valence-electron chi connectivity index (χ3n) is 6.25. The lowest BCUT2D eigenvalue weighted by atomic mass is 10.0. The Morgan fingerprint density at radius 1 is 0.886 bits per heavy atom. The first-order valence-electron chi connectivity index (χ1n) is 11.7. The molecule has 0 atom stereocenters. The molecule has 35 heavy (non-hydrogen) atoms. The number of rotatable bonds is 6. The molecule has 7 nitrogen and oxygen atoms in total. The summed E-state index contributed by atoms with van der Waals surface area (Å²) in [5.41, 5.74) is 8.52. The van der Waals surface area contributed by atoms with Gasteiger partial charge < -0.3 is 5.32 Å². The van der Waals surface area contributed by atoms with Crippen molar-refractivity contribution in [2.24, 2.45) is 0 Å². The van der Waals surface area contributed by atoms with Gasteiger partial charge in [0.05, 0.1) is 29.3 Å². The number of fused-ring (bicyclic) bond motifs is 1. The van der Waals surface area contributed by atoms with Crippen molar-refractivity contribution in [2.75, 3.05) is 5.32 Å². The van der Waals surface area contributed by atoms with Crippen molar-refractivity contribution < 1.29 is 4.79 Å². The van der Waals surface area contributed by atoms with Gasteiger partial charge in [-0.2, -0.15) is 10.2 Å². The molecule has 0 aliphatic heterocycles. The molecule has 0 aliphatic carbocycles. The molecule has 1 amide bonds. The first kappa shape index (κ1) is 22.5. The maximum absolute atomic E-state index is 13.1. The van der Waals surface area contributed by atoms with Crippen LogP contribution in [0.2, 0.25) is 0 Å². The smallest absolute Gasteiger partial charge is 0.246 e. The van der Waals surface area contributed by atoms with E-state index in [1.807, 2.05) is 55.8 Å². The highest BCUT2D eigenvalue weighted by Crippen LogP contribution is 2.30. The number of pyridine rings is 1. The van der Waals surface area contributed by atoms with Crippen LogP contribution in [0.1, 0.15) is 28.2 Å². The van der Waals surface area contributed by atoms with Crippen molar-refractivity contribution in [2.45, 2.75) is 40.8 Å². The fourth-order valence-corrected chi connectivity index (χ4v) is 4.55. The highest BCUT2D eigenvalue weighted by atomic mass is 16.2. The van der Waals surface area contributed by atoms with Gasteiger partial charge in [0.15, 0.2) is 5.65 Å². The average molecular weight is 465 g/mol. The minimum absolute atomic E-state index is 0.0668. The summed E-state index contributed by atoms with van der Waals surface area (Å²) in [4.78, 5) is 17.6. The maximum atomic E-state index is 13.1. The number of anilines is 1. The molecule has 0 unspecified atom stereocenters. The molecule has 3 aromatic heterocycles. The molecule has 0 aliphatic rings. The molecule has 176 valence electrons. The number of nitrogens with zero attached hydrogens (tertiary/aromatic N) is 5. The van der Waals surface area contributed by atoms with E-state index in [1.165, 1.54) is 5.56 Å². The third-order valence-corrected chi connectivity index (χ3v) is 6.25. The van der Waals surface area contributed by atoms with Crippen LogP contribution >= 0.6 is 0 Å². The van der Waals surface area contributed by atoms with Gasteiger partial charge in [0.2, 0.25) is 5.91 Å². The highest BCUT2D eigenvalue weighted by molar-refractivity contribution is 5.96. The fraction of sp³-hybridized carbons (Fsp3) is 0.214. The molecule has 1 N–H and O–H groups in total. The summed E-state index contributed by atoms with van der Waals surface area (Å²) < 4.78 is 3.60. The van der Waals surface area contributed by atoms with Crippen LogP contribution in [-0.4, -0.2) is 30.5 Å². The Balaban J connectivity index is 1.40. The topological polar surface area (TPSA) is 77.6 Å². The molecule has 7 heteroatoms. The van der Waals surface area contributed by atoms with E-state index in [2.05, 4.69) is 57.8 Å². The summed E-state index contributed by atoms with van der Waals surface area (Å²) in [5, 5.41) is 13.3. The summed E-state index contributed by atoms with van der Waals surface area (Å²) in [6.07, 6.45) is 1.78. The summed E-state index contributed by atoms with van der Waals surface area (Å²) in [7, 11) is 0. The van der Waals surface area contributed by atoms with Gasteiger partial charge in [-0.05, 0) is 50.5 Å². The van der Waals surface area contributed by atoms with Crippen molar-refractivity contribution in [3.05, 3.63) is 95.1 Å². The number of carbonyl (C=O) groups is 1. The van der Waals surface area contributed by atoms with E-state index in [-0.39, 0.29) is 12.5 Å². The minimum Gasteiger partial charge on any atom is -0.321 e. The van der Waals surface area contributed by atoms with Crippen molar-refractivity contribution in [1.29, 1.82) is 0 Å². The Bertz CT molecular complexity index is 1530. The SMILES string of the molecule is Cc1cccc(-c2ccnc3c2c(C)nn3CC(=O)Nc2c(C)nn(Cc3ccccc3)c2C)c1. The van der Waals surface area contributed by atoms with Crippen molar-refractivity contribution in [3.8, 4) is 11.1 Å². The Labute approximate surface area is 204 Å². The van der Waals surface area contributed by atoms with Crippen molar-refractivity contribution in [1.82, 2.24) is 24.5 Å². The monoisotopic (exact) mass is 464 g/mol. The van der Waals surface area contributed by atoms with Crippen LogP contribution in [0.5, 0.6) is 0 Å². The molecule has 0 saturated heterocycles. The first-order chi connectivity index (χ1) is 16.9. The summed E-state index contributed by atoms with van der Waals surface area (Å²) in [5.74, 6) is -0.164. The lowest BCUT2D eigenvalue weighted by Gasteiger charge is -2.08. The van der Waals surface area contributed by atoms with Crippen LogP contribution in [0.25, 0.3) is 22.2 Å². The van der Waals surface area contributed by atoms with E-state index in [0.717, 1.165) is 44.8 Å². The molecule has 5 rings (SSSR count). The average Bonchev–Trinajstić information content (AvgIpc) is 3.30. The molecule has 0 fully saturated rings. The second kappa shape index (κ2) is 9.18. The fourth-order valence-electron chi connectivity index (χ4n) is 4.55. The number of amides is 1. The van der Waals surface area contributed by atoms with Crippen molar-refractivity contribution >= 4 is 22.6 Å². The molecule has 3 heterocycles. The van der Waals surface area contributed by atoms with E-state index in [4.69, 9.17) is 0 Å². The number of nitrogens with one attached hydrogen (secondary N) is 1. The molecule has 0 saturated carbocycles. The van der Waals surface area contributed by atoms with E-state index < -0.39 is 0 Å². The van der Waals surface area contributed by atoms with Crippen LogP contribution in [0.4, 0.5) is 5.69 Å². The number of hydrogen-bond acceptors (Lipinski definition) is 4. The van der Waals surface area contributed by atoms with E-state index >= 15 is 0 Å². The van der Waals surface area contributed by atoms with E-state index in [0.29, 0.717) is 12.2 Å².